The maximum absolute atomic E-state index is 13.2. The first-order valence-corrected chi connectivity index (χ1v) is 11.9. The van der Waals surface area contributed by atoms with Crippen LogP contribution in [0.3, 0.4) is 0 Å². The molecule has 0 saturated carbocycles. The smallest absolute Gasteiger partial charge is 0.254 e. The number of hydrogen-bond acceptors (Lipinski definition) is 5. The number of rotatable bonds is 3. The Morgan fingerprint density at radius 1 is 0.944 bits per heavy atom. The number of piperazine rings is 1. The average Bonchev–Trinajstić information content (AvgIpc) is 3.37. The molecule has 2 amide bonds. The maximum atomic E-state index is 13.2. The summed E-state index contributed by atoms with van der Waals surface area (Å²) in [5.41, 5.74) is 3.31. The van der Waals surface area contributed by atoms with E-state index in [2.05, 4.69) is 11.8 Å². The SMILES string of the molecule is O=C(c1ccc2c(c1)OCO2)N1CC(=O)N2[C@H](C1)[C@H](c1ccc(C#Cc3ccccc3)cc1)[C@@H]2CO. The highest BCUT2D eigenvalue weighted by molar-refractivity contribution is 5.98. The first-order valence-electron chi connectivity index (χ1n) is 11.9. The standard InChI is InChI=1S/C29H24N2O5/c32-17-24-28(21-10-8-20(9-11-21)7-6-19-4-2-1-3-5-19)23-15-30(16-27(33)31(23)24)29(34)22-12-13-25-26(14-22)36-18-35-25/h1-5,8-14,23-24,28,32H,15-18H2/t23-,24+,28+/m1/s1. The first-order chi connectivity index (χ1) is 17.6. The zero-order valence-electron chi connectivity index (χ0n) is 19.5. The van der Waals surface area contributed by atoms with Gasteiger partial charge in [0.05, 0.1) is 18.7 Å². The van der Waals surface area contributed by atoms with Gasteiger partial charge in [-0.05, 0) is 48.0 Å². The van der Waals surface area contributed by atoms with Crippen molar-refractivity contribution >= 4 is 11.8 Å². The predicted octanol–water partition coefficient (Wildman–Crippen LogP) is 2.63. The molecule has 3 aliphatic heterocycles. The second kappa shape index (κ2) is 9.06. The van der Waals surface area contributed by atoms with Crippen LogP contribution in [0.15, 0.2) is 72.8 Å². The first kappa shape index (κ1) is 22.2. The molecule has 3 aromatic rings. The molecule has 0 aromatic heterocycles. The molecular weight excluding hydrogens is 456 g/mol. The lowest BCUT2D eigenvalue weighted by Gasteiger charge is -2.58. The highest BCUT2D eigenvalue weighted by atomic mass is 16.7. The van der Waals surface area contributed by atoms with E-state index in [0.717, 1.165) is 16.7 Å². The summed E-state index contributed by atoms with van der Waals surface area (Å²) in [7, 11) is 0. The maximum Gasteiger partial charge on any atom is 0.254 e. The molecule has 0 aliphatic carbocycles. The number of ether oxygens (including phenoxy) is 2. The number of fused-ring (bicyclic) bond motifs is 2. The lowest BCUT2D eigenvalue weighted by molar-refractivity contribution is -0.159. The number of hydrogen-bond donors (Lipinski definition) is 1. The van der Waals surface area contributed by atoms with Gasteiger partial charge in [0.1, 0.15) is 6.54 Å². The molecule has 7 nitrogen and oxygen atoms in total. The molecule has 1 N–H and O–H groups in total. The fourth-order valence-electron chi connectivity index (χ4n) is 5.32. The average molecular weight is 481 g/mol. The number of carbonyl (C=O) groups excluding carboxylic acids is 2. The number of aliphatic hydroxyl groups excluding tert-OH is 1. The van der Waals surface area contributed by atoms with Gasteiger partial charge < -0.3 is 24.4 Å². The van der Waals surface area contributed by atoms with Crippen molar-refractivity contribution in [2.45, 2.75) is 18.0 Å². The third kappa shape index (κ3) is 3.86. The van der Waals surface area contributed by atoms with Gasteiger partial charge in [-0.15, -0.1) is 0 Å². The Balaban J connectivity index is 1.21. The molecule has 3 aliphatic rings. The Kier molecular flexibility index (Phi) is 5.59. The molecule has 0 radical (unpaired) electrons. The lowest BCUT2D eigenvalue weighted by atomic mass is 9.73. The van der Waals surface area contributed by atoms with Gasteiger partial charge in [0.25, 0.3) is 5.91 Å². The van der Waals surface area contributed by atoms with Crippen molar-refractivity contribution in [3.05, 3.63) is 95.1 Å². The van der Waals surface area contributed by atoms with E-state index in [1.807, 2.05) is 54.6 Å². The molecule has 3 aromatic carbocycles. The van der Waals surface area contributed by atoms with Crippen molar-refractivity contribution in [2.24, 2.45) is 0 Å². The van der Waals surface area contributed by atoms with E-state index < -0.39 is 0 Å². The van der Waals surface area contributed by atoms with Crippen molar-refractivity contribution in [1.82, 2.24) is 9.80 Å². The van der Waals surface area contributed by atoms with Gasteiger partial charge in [0, 0.05) is 29.2 Å². The Labute approximate surface area is 208 Å². The molecule has 36 heavy (non-hydrogen) atoms. The molecule has 3 heterocycles. The molecule has 180 valence electrons. The van der Waals surface area contributed by atoms with Gasteiger partial charge >= 0.3 is 0 Å². The van der Waals surface area contributed by atoms with Crippen LogP contribution in [-0.4, -0.2) is 65.3 Å². The molecule has 0 bridgehead atoms. The zero-order valence-corrected chi connectivity index (χ0v) is 19.5. The number of nitrogens with zero attached hydrogens (tertiary/aromatic N) is 2. The molecular formula is C29H24N2O5. The molecule has 6 rings (SSSR count). The summed E-state index contributed by atoms with van der Waals surface area (Å²) in [5.74, 6) is 7.02. The summed E-state index contributed by atoms with van der Waals surface area (Å²) in [5, 5.41) is 10.1. The molecule has 0 spiro atoms. The molecule has 7 heteroatoms. The van der Waals surface area contributed by atoms with E-state index in [9.17, 15) is 14.7 Å². The lowest BCUT2D eigenvalue weighted by Crippen LogP contribution is -2.73. The number of carbonyl (C=O) groups is 2. The Morgan fingerprint density at radius 2 is 1.67 bits per heavy atom. The van der Waals surface area contributed by atoms with Crippen molar-refractivity contribution in [1.29, 1.82) is 0 Å². The Bertz CT molecular complexity index is 1380. The van der Waals surface area contributed by atoms with Crippen LogP contribution in [0.4, 0.5) is 0 Å². The summed E-state index contributed by atoms with van der Waals surface area (Å²) in [6.07, 6.45) is 0. The van der Waals surface area contributed by atoms with E-state index in [4.69, 9.17) is 9.47 Å². The fourth-order valence-corrected chi connectivity index (χ4v) is 5.32. The monoisotopic (exact) mass is 480 g/mol. The third-order valence-corrected chi connectivity index (χ3v) is 7.08. The summed E-state index contributed by atoms with van der Waals surface area (Å²) < 4.78 is 10.7. The minimum absolute atomic E-state index is 0.0129. The van der Waals surface area contributed by atoms with Crippen LogP contribution in [-0.2, 0) is 4.79 Å². The minimum Gasteiger partial charge on any atom is -0.454 e. The van der Waals surface area contributed by atoms with Gasteiger partial charge in [-0.3, -0.25) is 9.59 Å². The van der Waals surface area contributed by atoms with Crippen molar-refractivity contribution < 1.29 is 24.2 Å². The number of amides is 2. The summed E-state index contributed by atoms with van der Waals surface area (Å²) >= 11 is 0. The van der Waals surface area contributed by atoms with Crippen LogP contribution in [0.2, 0.25) is 0 Å². The fraction of sp³-hybridized carbons (Fsp3) is 0.241. The normalized spacial score (nSPS) is 21.8. The highest BCUT2D eigenvalue weighted by Gasteiger charge is 2.54. The van der Waals surface area contributed by atoms with Gasteiger partial charge in [-0.25, -0.2) is 0 Å². The molecule has 2 fully saturated rings. The summed E-state index contributed by atoms with van der Waals surface area (Å²) in [6.45, 7) is 0.391. The number of benzene rings is 3. The van der Waals surface area contributed by atoms with E-state index >= 15 is 0 Å². The Morgan fingerprint density at radius 3 is 2.42 bits per heavy atom. The van der Waals surface area contributed by atoms with Crippen LogP contribution in [0, 0.1) is 11.8 Å². The van der Waals surface area contributed by atoms with Crippen molar-refractivity contribution in [2.75, 3.05) is 26.5 Å². The number of aliphatic hydroxyl groups is 1. The van der Waals surface area contributed by atoms with Crippen LogP contribution < -0.4 is 9.47 Å². The summed E-state index contributed by atoms with van der Waals surface area (Å²) in [4.78, 5) is 29.5. The molecule has 0 unspecified atom stereocenters. The van der Waals surface area contributed by atoms with Crippen molar-refractivity contribution in [3.8, 4) is 23.3 Å². The van der Waals surface area contributed by atoms with E-state index in [-0.39, 0.29) is 49.8 Å². The van der Waals surface area contributed by atoms with Crippen LogP contribution in [0.1, 0.15) is 33.0 Å². The van der Waals surface area contributed by atoms with Crippen LogP contribution in [0.5, 0.6) is 11.5 Å². The van der Waals surface area contributed by atoms with Crippen molar-refractivity contribution in [3.63, 3.8) is 0 Å². The van der Waals surface area contributed by atoms with Gasteiger partial charge in [-0.2, -0.15) is 0 Å². The molecule has 2 saturated heterocycles. The van der Waals surface area contributed by atoms with Gasteiger partial charge in [-0.1, -0.05) is 42.2 Å². The zero-order chi connectivity index (χ0) is 24.6. The Hall–Kier alpha value is -4.28. The van der Waals surface area contributed by atoms with Crippen LogP contribution >= 0.6 is 0 Å². The minimum atomic E-state index is -0.299. The summed E-state index contributed by atoms with van der Waals surface area (Å²) in [6, 6.07) is 22.3. The third-order valence-electron chi connectivity index (χ3n) is 7.08. The van der Waals surface area contributed by atoms with Gasteiger partial charge in [0.2, 0.25) is 12.7 Å². The topological polar surface area (TPSA) is 79.3 Å². The highest BCUT2D eigenvalue weighted by Crippen LogP contribution is 2.43. The van der Waals surface area contributed by atoms with E-state index in [0.29, 0.717) is 23.6 Å². The van der Waals surface area contributed by atoms with Gasteiger partial charge in [0.15, 0.2) is 11.5 Å². The van der Waals surface area contributed by atoms with E-state index in [1.54, 1.807) is 28.0 Å². The predicted molar refractivity (Wildman–Crippen MR) is 132 cm³/mol. The van der Waals surface area contributed by atoms with Crippen LogP contribution in [0.25, 0.3) is 0 Å². The quantitative estimate of drug-likeness (QED) is 0.583. The second-order valence-electron chi connectivity index (χ2n) is 9.14. The second-order valence-corrected chi connectivity index (χ2v) is 9.14. The largest absolute Gasteiger partial charge is 0.454 e. The molecule has 3 atom stereocenters. The van der Waals surface area contributed by atoms with E-state index in [1.165, 1.54) is 0 Å².